The van der Waals surface area contributed by atoms with Gasteiger partial charge < -0.3 is 5.32 Å². The number of hydrogen-bond donors (Lipinski definition) is 1. The van der Waals surface area contributed by atoms with E-state index in [9.17, 15) is 0 Å². The van der Waals surface area contributed by atoms with Crippen molar-refractivity contribution < 1.29 is 0 Å². The molecule has 116 valence electrons. The minimum Gasteiger partial charge on any atom is -0.311 e. The molecule has 4 nitrogen and oxygen atoms in total. The molecule has 2 saturated heterocycles. The molecule has 4 heteroatoms. The lowest BCUT2D eigenvalue weighted by Gasteiger charge is -2.35. The van der Waals surface area contributed by atoms with Gasteiger partial charge in [0.25, 0.3) is 0 Å². The Kier molecular flexibility index (Phi) is 3.72. The lowest BCUT2D eigenvalue weighted by molar-refractivity contribution is 0.164. The number of rotatable bonds is 4. The number of fused-ring (bicyclic) bond motifs is 2. The number of nitrogens with one attached hydrogen (secondary N) is 1. The van der Waals surface area contributed by atoms with Crippen molar-refractivity contribution in [1.29, 1.82) is 0 Å². The van der Waals surface area contributed by atoms with E-state index in [4.69, 9.17) is 5.10 Å². The predicted octanol–water partition coefficient (Wildman–Crippen LogP) is 2.59. The molecule has 2 atom stereocenters. The van der Waals surface area contributed by atoms with Crippen LogP contribution in [0.1, 0.15) is 31.4 Å². The first-order valence-electron chi connectivity index (χ1n) is 8.34. The fraction of sp³-hybridized carbons (Fsp3) is 0.500. The van der Waals surface area contributed by atoms with Crippen molar-refractivity contribution in [2.24, 2.45) is 0 Å². The fourth-order valence-corrected chi connectivity index (χ4v) is 3.94. The molecule has 2 fully saturated rings. The second-order valence-corrected chi connectivity index (χ2v) is 6.77. The zero-order valence-electron chi connectivity index (χ0n) is 13.2. The lowest BCUT2D eigenvalue weighted by Crippen LogP contribution is -2.46. The van der Waals surface area contributed by atoms with Crippen LogP contribution in [0.4, 0.5) is 0 Å². The average molecular weight is 296 g/mol. The number of piperidine rings is 1. The maximum Gasteiger partial charge on any atom is 0.0769 e. The van der Waals surface area contributed by atoms with Crippen LogP contribution in [0.5, 0.6) is 0 Å². The summed E-state index contributed by atoms with van der Waals surface area (Å²) in [6.45, 7) is 0.934. The quantitative estimate of drug-likeness (QED) is 0.941. The van der Waals surface area contributed by atoms with Crippen LogP contribution in [-0.2, 0) is 6.54 Å². The maximum atomic E-state index is 4.73. The third kappa shape index (κ3) is 2.81. The fourth-order valence-electron chi connectivity index (χ4n) is 3.94. The summed E-state index contributed by atoms with van der Waals surface area (Å²) in [4.78, 5) is 2.49. The van der Waals surface area contributed by atoms with Crippen molar-refractivity contribution in [1.82, 2.24) is 20.0 Å². The van der Waals surface area contributed by atoms with Crippen molar-refractivity contribution >= 4 is 0 Å². The molecular weight excluding hydrogens is 272 g/mol. The molecule has 2 unspecified atom stereocenters. The van der Waals surface area contributed by atoms with Gasteiger partial charge >= 0.3 is 0 Å². The summed E-state index contributed by atoms with van der Waals surface area (Å²) in [6.07, 6.45) is 7.35. The number of benzene rings is 1. The molecular formula is C18H24N4. The van der Waals surface area contributed by atoms with Gasteiger partial charge in [0, 0.05) is 30.9 Å². The Hall–Kier alpha value is -1.65. The largest absolute Gasteiger partial charge is 0.311 e. The molecule has 2 bridgehead atoms. The molecule has 2 aliphatic rings. The van der Waals surface area contributed by atoms with Crippen LogP contribution >= 0.6 is 0 Å². The highest BCUT2D eigenvalue weighted by Crippen LogP contribution is 2.29. The highest BCUT2D eigenvalue weighted by Gasteiger charge is 2.35. The summed E-state index contributed by atoms with van der Waals surface area (Å²) >= 11 is 0. The Bertz CT molecular complexity index is 609. The molecule has 2 aromatic rings. The van der Waals surface area contributed by atoms with Gasteiger partial charge in [-0.1, -0.05) is 18.2 Å². The van der Waals surface area contributed by atoms with Gasteiger partial charge in [-0.15, -0.1) is 0 Å². The molecule has 1 N–H and O–H groups in total. The van der Waals surface area contributed by atoms with Crippen LogP contribution in [0.15, 0.2) is 42.6 Å². The van der Waals surface area contributed by atoms with Crippen LogP contribution in [0, 0.1) is 0 Å². The van der Waals surface area contributed by atoms with E-state index in [-0.39, 0.29) is 0 Å². The molecule has 3 heterocycles. The average Bonchev–Trinajstić information content (AvgIpc) is 3.14. The minimum absolute atomic E-state index is 0.695. The second-order valence-electron chi connectivity index (χ2n) is 6.77. The van der Waals surface area contributed by atoms with E-state index in [1.165, 1.54) is 25.7 Å². The second kappa shape index (κ2) is 5.86. The Morgan fingerprint density at radius 1 is 1.14 bits per heavy atom. The lowest BCUT2D eigenvalue weighted by atomic mass is 9.98. The third-order valence-electron chi connectivity index (χ3n) is 5.15. The van der Waals surface area contributed by atoms with Gasteiger partial charge in [-0.05, 0) is 50.9 Å². The smallest absolute Gasteiger partial charge is 0.0769 e. The normalized spacial score (nSPS) is 27.5. The van der Waals surface area contributed by atoms with Gasteiger partial charge in [-0.2, -0.15) is 5.10 Å². The van der Waals surface area contributed by atoms with Crippen LogP contribution < -0.4 is 5.32 Å². The molecule has 0 radical (unpaired) electrons. The minimum atomic E-state index is 0.695. The van der Waals surface area contributed by atoms with Gasteiger partial charge in [-0.25, -0.2) is 4.68 Å². The van der Waals surface area contributed by atoms with Gasteiger partial charge in [0.05, 0.1) is 11.4 Å². The number of nitrogens with zero attached hydrogens (tertiary/aromatic N) is 3. The van der Waals surface area contributed by atoms with E-state index >= 15 is 0 Å². The topological polar surface area (TPSA) is 33.1 Å². The summed E-state index contributed by atoms with van der Waals surface area (Å²) in [7, 11) is 2.25. The SMILES string of the molecule is CN(Cc1ccn(-c2ccccc2)n1)C1CC2CCC(C1)N2. The number of para-hydroxylation sites is 1. The van der Waals surface area contributed by atoms with Crippen molar-refractivity contribution in [3.63, 3.8) is 0 Å². The summed E-state index contributed by atoms with van der Waals surface area (Å²) in [5.74, 6) is 0. The highest BCUT2D eigenvalue weighted by atomic mass is 15.3. The first-order valence-corrected chi connectivity index (χ1v) is 8.34. The van der Waals surface area contributed by atoms with Gasteiger partial charge in [0.15, 0.2) is 0 Å². The number of aromatic nitrogens is 2. The maximum absolute atomic E-state index is 4.73. The van der Waals surface area contributed by atoms with Gasteiger partial charge in [0.2, 0.25) is 0 Å². The zero-order valence-corrected chi connectivity index (χ0v) is 13.2. The van der Waals surface area contributed by atoms with E-state index in [1.54, 1.807) is 0 Å². The van der Waals surface area contributed by atoms with Crippen molar-refractivity contribution in [2.45, 2.75) is 50.4 Å². The van der Waals surface area contributed by atoms with E-state index in [0.29, 0.717) is 6.04 Å². The molecule has 1 aromatic heterocycles. The third-order valence-corrected chi connectivity index (χ3v) is 5.15. The Morgan fingerprint density at radius 3 is 2.59 bits per heavy atom. The Morgan fingerprint density at radius 2 is 1.86 bits per heavy atom. The van der Waals surface area contributed by atoms with Crippen LogP contribution in [0.25, 0.3) is 5.69 Å². The van der Waals surface area contributed by atoms with Crippen LogP contribution in [0.3, 0.4) is 0 Å². The van der Waals surface area contributed by atoms with Crippen molar-refractivity contribution in [3.05, 3.63) is 48.3 Å². The van der Waals surface area contributed by atoms with Gasteiger partial charge in [-0.3, -0.25) is 4.90 Å². The summed E-state index contributed by atoms with van der Waals surface area (Å²) in [6, 6.07) is 14.6. The molecule has 0 saturated carbocycles. The van der Waals surface area contributed by atoms with E-state index in [1.807, 2.05) is 22.9 Å². The molecule has 4 rings (SSSR count). The van der Waals surface area contributed by atoms with E-state index in [2.05, 4.69) is 41.7 Å². The van der Waals surface area contributed by atoms with Crippen molar-refractivity contribution in [3.8, 4) is 5.69 Å². The van der Waals surface area contributed by atoms with Crippen molar-refractivity contribution in [2.75, 3.05) is 7.05 Å². The molecule has 1 aromatic carbocycles. The summed E-state index contributed by atoms with van der Waals surface area (Å²) in [5, 5.41) is 8.45. The molecule has 2 aliphatic heterocycles. The molecule has 0 spiro atoms. The van der Waals surface area contributed by atoms with E-state index < -0.39 is 0 Å². The molecule has 22 heavy (non-hydrogen) atoms. The molecule has 0 aliphatic carbocycles. The first-order chi connectivity index (χ1) is 10.8. The number of hydrogen-bond acceptors (Lipinski definition) is 3. The monoisotopic (exact) mass is 296 g/mol. The zero-order chi connectivity index (χ0) is 14.9. The highest BCUT2D eigenvalue weighted by molar-refractivity contribution is 5.30. The van der Waals surface area contributed by atoms with Crippen LogP contribution in [-0.4, -0.2) is 39.9 Å². The van der Waals surface area contributed by atoms with Crippen LogP contribution in [0.2, 0.25) is 0 Å². The predicted molar refractivity (Wildman–Crippen MR) is 88.0 cm³/mol. The molecule has 0 amide bonds. The Balaban J connectivity index is 1.42. The van der Waals surface area contributed by atoms with E-state index in [0.717, 1.165) is 30.0 Å². The Labute approximate surface area is 132 Å². The van der Waals surface area contributed by atoms with Gasteiger partial charge in [0.1, 0.15) is 0 Å². The summed E-state index contributed by atoms with van der Waals surface area (Å²) < 4.78 is 1.97. The standard InChI is InChI=1S/C18H24N4/c1-21(18-11-14-7-8-15(12-18)19-14)13-16-9-10-22(20-16)17-5-3-2-4-6-17/h2-6,9-10,14-15,18-19H,7-8,11-13H2,1H3. The first kappa shape index (κ1) is 14.0. The summed E-state index contributed by atoms with van der Waals surface area (Å²) in [5.41, 5.74) is 2.27.